The summed E-state index contributed by atoms with van der Waals surface area (Å²) >= 11 is 0. The normalized spacial score (nSPS) is 14.7. The van der Waals surface area contributed by atoms with E-state index < -0.39 is 17.7 Å². The topological polar surface area (TPSA) is 86.7 Å². The summed E-state index contributed by atoms with van der Waals surface area (Å²) in [6.45, 7) is 0.768. The monoisotopic (exact) mass is 357 g/mol. The molecule has 1 aliphatic carbocycles. The standard InChI is InChI=1S/C18H17F2N5O/c1-18(19,20)17-22-5-4-16(24-17)25-9-13(10-2-3-10)12-8-23-11(6-14(12)25)7-15(21)26/h4-6,8-10H,2-3,7H2,1H3,(H2,21,26). The van der Waals surface area contributed by atoms with Gasteiger partial charge >= 0.3 is 5.92 Å². The fourth-order valence-electron chi connectivity index (χ4n) is 3.07. The van der Waals surface area contributed by atoms with Crippen LogP contribution in [0, 0.1) is 0 Å². The number of alkyl halides is 2. The van der Waals surface area contributed by atoms with E-state index >= 15 is 0 Å². The highest BCUT2D eigenvalue weighted by Gasteiger charge is 2.30. The Morgan fingerprint density at radius 3 is 2.81 bits per heavy atom. The molecule has 0 unspecified atom stereocenters. The predicted molar refractivity (Wildman–Crippen MR) is 91.1 cm³/mol. The first-order chi connectivity index (χ1) is 12.3. The molecule has 3 aromatic heterocycles. The molecule has 1 saturated carbocycles. The van der Waals surface area contributed by atoms with Gasteiger partial charge in [0.15, 0.2) is 0 Å². The largest absolute Gasteiger partial charge is 0.369 e. The van der Waals surface area contributed by atoms with Gasteiger partial charge in [-0.25, -0.2) is 9.97 Å². The Morgan fingerprint density at radius 1 is 1.38 bits per heavy atom. The van der Waals surface area contributed by atoms with E-state index in [-0.39, 0.29) is 6.42 Å². The molecule has 0 aromatic carbocycles. The van der Waals surface area contributed by atoms with Crippen LogP contribution in [0.4, 0.5) is 8.78 Å². The summed E-state index contributed by atoms with van der Waals surface area (Å²) in [5.41, 5.74) is 7.67. The van der Waals surface area contributed by atoms with Gasteiger partial charge in [-0.1, -0.05) is 0 Å². The van der Waals surface area contributed by atoms with Crippen molar-refractivity contribution in [2.45, 2.75) is 38.0 Å². The summed E-state index contributed by atoms with van der Waals surface area (Å²) in [6.07, 6.45) is 7.14. The Bertz CT molecular complexity index is 1000. The second-order valence-corrected chi connectivity index (χ2v) is 6.69. The molecular formula is C18H17F2N5O. The van der Waals surface area contributed by atoms with Crippen LogP contribution < -0.4 is 5.73 Å². The lowest BCUT2D eigenvalue weighted by molar-refractivity contribution is -0.117. The number of nitrogens with two attached hydrogens (primary N) is 1. The molecule has 0 bridgehead atoms. The van der Waals surface area contributed by atoms with E-state index in [0.717, 1.165) is 36.2 Å². The van der Waals surface area contributed by atoms with Crippen LogP contribution in [0.2, 0.25) is 0 Å². The van der Waals surface area contributed by atoms with Crippen molar-refractivity contribution in [2.75, 3.05) is 0 Å². The van der Waals surface area contributed by atoms with E-state index in [0.29, 0.717) is 17.4 Å². The highest BCUT2D eigenvalue weighted by molar-refractivity contribution is 5.87. The number of aromatic nitrogens is 4. The van der Waals surface area contributed by atoms with Crippen LogP contribution in [0.25, 0.3) is 16.7 Å². The minimum atomic E-state index is -3.13. The molecule has 0 radical (unpaired) electrons. The number of carbonyl (C=O) groups excluding carboxylic acids is 1. The molecule has 26 heavy (non-hydrogen) atoms. The van der Waals surface area contributed by atoms with Gasteiger partial charge in [0.1, 0.15) is 5.82 Å². The van der Waals surface area contributed by atoms with Crippen molar-refractivity contribution >= 4 is 16.8 Å². The van der Waals surface area contributed by atoms with Gasteiger partial charge < -0.3 is 10.3 Å². The minimum absolute atomic E-state index is 0.0158. The lowest BCUT2D eigenvalue weighted by Crippen LogP contribution is -2.15. The number of fused-ring (bicyclic) bond motifs is 1. The molecule has 3 aromatic rings. The maximum absolute atomic E-state index is 13.6. The Morgan fingerprint density at radius 2 is 2.15 bits per heavy atom. The van der Waals surface area contributed by atoms with Crippen molar-refractivity contribution in [3.63, 3.8) is 0 Å². The van der Waals surface area contributed by atoms with Gasteiger partial charge in [0.2, 0.25) is 11.7 Å². The van der Waals surface area contributed by atoms with Crippen molar-refractivity contribution in [3.05, 3.63) is 47.8 Å². The number of nitrogens with zero attached hydrogens (tertiary/aromatic N) is 4. The maximum atomic E-state index is 13.6. The molecule has 0 atom stereocenters. The van der Waals surface area contributed by atoms with Crippen molar-refractivity contribution in [1.29, 1.82) is 0 Å². The molecule has 134 valence electrons. The van der Waals surface area contributed by atoms with E-state index in [1.165, 1.54) is 6.20 Å². The zero-order valence-electron chi connectivity index (χ0n) is 14.1. The van der Waals surface area contributed by atoms with Crippen molar-refractivity contribution in [1.82, 2.24) is 19.5 Å². The number of carbonyl (C=O) groups is 1. The third-order valence-electron chi connectivity index (χ3n) is 4.43. The highest BCUT2D eigenvalue weighted by Crippen LogP contribution is 2.44. The molecule has 3 heterocycles. The van der Waals surface area contributed by atoms with E-state index in [9.17, 15) is 13.6 Å². The van der Waals surface area contributed by atoms with Gasteiger partial charge in [0.05, 0.1) is 17.6 Å². The highest BCUT2D eigenvalue weighted by atomic mass is 19.3. The van der Waals surface area contributed by atoms with Crippen LogP contribution in [-0.4, -0.2) is 25.4 Å². The van der Waals surface area contributed by atoms with Crippen LogP contribution in [0.3, 0.4) is 0 Å². The molecule has 8 heteroatoms. The number of amides is 1. The van der Waals surface area contributed by atoms with E-state index in [1.807, 2.05) is 6.20 Å². The van der Waals surface area contributed by atoms with Crippen LogP contribution >= 0.6 is 0 Å². The van der Waals surface area contributed by atoms with Crippen LogP contribution in [0.1, 0.15) is 42.8 Å². The summed E-state index contributed by atoms with van der Waals surface area (Å²) in [6, 6.07) is 3.34. The molecule has 0 aliphatic heterocycles. The number of hydrogen-bond acceptors (Lipinski definition) is 4. The van der Waals surface area contributed by atoms with Crippen molar-refractivity contribution < 1.29 is 13.6 Å². The van der Waals surface area contributed by atoms with Gasteiger partial charge in [-0.05, 0) is 36.5 Å². The summed E-state index contributed by atoms with van der Waals surface area (Å²) in [5.74, 6) is -3.35. The molecule has 0 saturated heterocycles. The van der Waals surface area contributed by atoms with Crippen molar-refractivity contribution in [3.8, 4) is 5.82 Å². The Hall–Kier alpha value is -2.90. The molecule has 1 fully saturated rings. The third-order valence-corrected chi connectivity index (χ3v) is 4.43. The fraction of sp³-hybridized carbons (Fsp3) is 0.333. The third kappa shape index (κ3) is 3.02. The molecule has 2 N–H and O–H groups in total. The quantitative estimate of drug-likeness (QED) is 0.761. The van der Waals surface area contributed by atoms with E-state index in [2.05, 4.69) is 15.0 Å². The van der Waals surface area contributed by atoms with Crippen LogP contribution in [0.15, 0.2) is 30.7 Å². The van der Waals surface area contributed by atoms with E-state index in [1.54, 1.807) is 22.9 Å². The maximum Gasteiger partial charge on any atom is 0.303 e. The van der Waals surface area contributed by atoms with Crippen LogP contribution in [-0.2, 0) is 17.1 Å². The molecule has 1 amide bonds. The SMILES string of the molecule is CC(F)(F)c1nccc(-n2cc(C3CC3)c3cnc(CC(N)=O)cc32)n1. The van der Waals surface area contributed by atoms with Crippen LogP contribution in [0.5, 0.6) is 0 Å². The minimum Gasteiger partial charge on any atom is -0.369 e. The number of rotatable bonds is 5. The van der Waals surface area contributed by atoms with E-state index in [4.69, 9.17) is 5.73 Å². The smallest absolute Gasteiger partial charge is 0.303 e. The lowest BCUT2D eigenvalue weighted by Gasteiger charge is -2.11. The number of pyridine rings is 1. The molecular weight excluding hydrogens is 340 g/mol. The van der Waals surface area contributed by atoms with Gasteiger partial charge in [0, 0.05) is 30.9 Å². The van der Waals surface area contributed by atoms with Gasteiger partial charge in [0.25, 0.3) is 0 Å². The molecule has 1 aliphatic rings. The fourth-order valence-corrected chi connectivity index (χ4v) is 3.07. The first kappa shape index (κ1) is 16.6. The number of primary amides is 1. The first-order valence-electron chi connectivity index (χ1n) is 8.33. The predicted octanol–water partition coefficient (Wildman–Crippen LogP) is 2.83. The second-order valence-electron chi connectivity index (χ2n) is 6.69. The molecule has 0 spiro atoms. The van der Waals surface area contributed by atoms with Gasteiger partial charge in [-0.3, -0.25) is 9.78 Å². The molecule has 6 nitrogen and oxygen atoms in total. The Labute approximate surface area is 148 Å². The number of hydrogen-bond donors (Lipinski definition) is 1. The zero-order valence-corrected chi connectivity index (χ0v) is 14.1. The second kappa shape index (κ2) is 5.82. The summed E-state index contributed by atoms with van der Waals surface area (Å²) in [7, 11) is 0. The Kier molecular flexibility index (Phi) is 3.71. The average Bonchev–Trinajstić information content (AvgIpc) is 3.35. The average molecular weight is 357 g/mol. The van der Waals surface area contributed by atoms with Gasteiger partial charge in [-0.2, -0.15) is 8.78 Å². The Balaban J connectivity index is 1.89. The summed E-state index contributed by atoms with van der Waals surface area (Å²) in [5, 5.41) is 0.934. The molecule has 4 rings (SSSR count). The summed E-state index contributed by atoms with van der Waals surface area (Å²) < 4.78 is 29.0. The number of halogens is 2. The summed E-state index contributed by atoms with van der Waals surface area (Å²) in [4.78, 5) is 23.2. The first-order valence-corrected chi connectivity index (χ1v) is 8.33. The lowest BCUT2D eigenvalue weighted by atomic mass is 10.1. The zero-order chi connectivity index (χ0) is 18.5. The van der Waals surface area contributed by atoms with Crippen molar-refractivity contribution in [2.24, 2.45) is 5.73 Å². The van der Waals surface area contributed by atoms with Gasteiger partial charge in [-0.15, -0.1) is 0 Å².